The lowest BCUT2D eigenvalue weighted by molar-refractivity contribution is 0.0947. The summed E-state index contributed by atoms with van der Waals surface area (Å²) in [6.07, 6.45) is 1.80. The fourth-order valence-corrected chi connectivity index (χ4v) is 5.43. The number of rotatable bonds is 4. The molecule has 2 aliphatic rings. The van der Waals surface area contributed by atoms with E-state index in [0.29, 0.717) is 0 Å². The zero-order valence-electron chi connectivity index (χ0n) is 16.9. The SMILES string of the molecule is O=C(NC1CC1)c1ccc2c(c1)N(Cc1ccccc1F)C(=O)c1ccccc1S2(=O)=O. The van der Waals surface area contributed by atoms with Crippen LogP contribution in [0.2, 0.25) is 0 Å². The van der Waals surface area contributed by atoms with Crippen molar-refractivity contribution in [3.63, 3.8) is 0 Å². The van der Waals surface area contributed by atoms with Crippen LogP contribution in [0.1, 0.15) is 39.1 Å². The minimum absolute atomic E-state index is 0.00372. The summed E-state index contributed by atoms with van der Waals surface area (Å²) in [7, 11) is -4.05. The second-order valence-corrected chi connectivity index (χ2v) is 9.80. The molecule has 3 aromatic rings. The second-order valence-electron chi connectivity index (χ2n) is 7.91. The Morgan fingerprint density at radius 3 is 2.47 bits per heavy atom. The Kier molecular flexibility index (Phi) is 4.82. The van der Waals surface area contributed by atoms with E-state index in [4.69, 9.17) is 0 Å². The van der Waals surface area contributed by atoms with E-state index < -0.39 is 21.6 Å². The normalized spacial score (nSPS) is 16.7. The van der Waals surface area contributed by atoms with Gasteiger partial charge in [-0.15, -0.1) is 0 Å². The van der Waals surface area contributed by atoms with Crippen molar-refractivity contribution in [3.05, 3.63) is 89.2 Å². The van der Waals surface area contributed by atoms with Gasteiger partial charge in [0.1, 0.15) is 5.82 Å². The molecule has 3 aromatic carbocycles. The van der Waals surface area contributed by atoms with Crippen LogP contribution in [0.15, 0.2) is 76.5 Å². The molecule has 0 saturated heterocycles. The Hall–Kier alpha value is -3.52. The molecule has 1 aliphatic carbocycles. The minimum atomic E-state index is -4.05. The maximum absolute atomic E-state index is 14.4. The van der Waals surface area contributed by atoms with Gasteiger partial charge < -0.3 is 10.2 Å². The van der Waals surface area contributed by atoms with Crippen LogP contribution in [0, 0.1) is 5.82 Å². The zero-order chi connectivity index (χ0) is 22.5. The van der Waals surface area contributed by atoms with Crippen molar-refractivity contribution in [1.82, 2.24) is 5.32 Å². The monoisotopic (exact) mass is 450 g/mol. The molecular weight excluding hydrogens is 431 g/mol. The zero-order valence-corrected chi connectivity index (χ0v) is 17.7. The predicted octanol–water partition coefficient (Wildman–Crippen LogP) is 3.71. The Balaban J connectivity index is 1.70. The van der Waals surface area contributed by atoms with E-state index in [2.05, 4.69) is 5.32 Å². The molecule has 1 saturated carbocycles. The Labute approximate surface area is 184 Å². The fraction of sp³-hybridized carbons (Fsp3) is 0.167. The van der Waals surface area contributed by atoms with E-state index in [1.54, 1.807) is 18.2 Å². The number of benzene rings is 3. The molecule has 1 aliphatic heterocycles. The van der Waals surface area contributed by atoms with Crippen molar-refractivity contribution in [3.8, 4) is 0 Å². The van der Waals surface area contributed by atoms with Gasteiger partial charge in [-0.2, -0.15) is 0 Å². The average molecular weight is 450 g/mol. The van der Waals surface area contributed by atoms with E-state index in [1.165, 1.54) is 53.4 Å². The van der Waals surface area contributed by atoms with Crippen molar-refractivity contribution < 1.29 is 22.4 Å². The molecule has 1 N–H and O–H groups in total. The van der Waals surface area contributed by atoms with Crippen LogP contribution in [-0.4, -0.2) is 26.3 Å². The molecule has 0 unspecified atom stereocenters. The molecule has 8 heteroatoms. The lowest BCUT2D eigenvalue weighted by atomic mass is 10.1. The maximum atomic E-state index is 14.4. The Bertz CT molecular complexity index is 1370. The number of hydrogen-bond acceptors (Lipinski definition) is 4. The largest absolute Gasteiger partial charge is 0.349 e. The fourth-order valence-electron chi connectivity index (χ4n) is 3.80. The van der Waals surface area contributed by atoms with Gasteiger partial charge in [0.25, 0.3) is 11.8 Å². The molecule has 32 heavy (non-hydrogen) atoms. The summed E-state index contributed by atoms with van der Waals surface area (Å²) in [5, 5.41) is 2.86. The van der Waals surface area contributed by atoms with Crippen LogP contribution >= 0.6 is 0 Å². The quantitative estimate of drug-likeness (QED) is 0.657. The molecule has 6 nitrogen and oxygen atoms in total. The van der Waals surface area contributed by atoms with Crippen molar-refractivity contribution in [2.75, 3.05) is 4.90 Å². The van der Waals surface area contributed by atoms with E-state index in [1.807, 2.05) is 0 Å². The number of anilines is 1. The lowest BCUT2D eigenvalue weighted by Gasteiger charge is -2.23. The third-order valence-electron chi connectivity index (χ3n) is 5.65. The van der Waals surface area contributed by atoms with Gasteiger partial charge in [-0.25, -0.2) is 12.8 Å². The highest BCUT2D eigenvalue weighted by Crippen LogP contribution is 2.38. The smallest absolute Gasteiger partial charge is 0.259 e. The second kappa shape index (κ2) is 7.56. The summed E-state index contributed by atoms with van der Waals surface area (Å²) in [4.78, 5) is 27.1. The third kappa shape index (κ3) is 3.46. The molecule has 0 bridgehead atoms. The topological polar surface area (TPSA) is 83.6 Å². The molecule has 0 spiro atoms. The van der Waals surface area contributed by atoms with Crippen molar-refractivity contribution in [2.24, 2.45) is 0 Å². The number of nitrogens with one attached hydrogen (secondary N) is 1. The van der Waals surface area contributed by atoms with Gasteiger partial charge in [0.05, 0.1) is 27.6 Å². The molecular formula is C24H19FN2O4S. The highest BCUT2D eigenvalue weighted by Gasteiger charge is 2.36. The minimum Gasteiger partial charge on any atom is -0.349 e. The van der Waals surface area contributed by atoms with Gasteiger partial charge in [-0.3, -0.25) is 9.59 Å². The van der Waals surface area contributed by atoms with Gasteiger partial charge >= 0.3 is 0 Å². The van der Waals surface area contributed by atoms with Crippen LogP contribution in [0.5, 0.6) is 0 Å². The van der Waals surface area contributed by atoms with E-state index in [-0.39, 0.29) is 50.7 Å². The van der Waals surface area contributed by atoms with Gasteiger partial charge in [-0.1, -0.05) is 30.3 Å². The molecule has 0 atom stereocenters. The molecule has 0 aromatic heterocycles. The third-order valence-corrected chi connectivity index (χ3v) is 7.51. The van der Waals surface area contributed by atoms with Gasteiger partial charge in [0, 0.05) is 17.2 Å². The highest BCUT2D eigenvalue weighted by molar-refractivity contribution is 7.91. The highest BCUT2D eigenvalue weighted by atomic mass is 32.2. The number of amides is 2. The van der Waals surface area contributed by atoms with E-state index in [0.717, 1.165) is 12.8 Å². The Morgan fingerprint density at radius 2 is 1.72 bits per heavy atom. The van der Waals surface area contributed by atoms with Gasteiger partial charge in [0.2, 0.25) is 9.84 Å². The summed E-state index contributed by atoms with van der Waals surface area (Å²) in [6, 6.07) is 16.3. The number of carbonyl (C=O) groups excluding carboxylic acids is 2. The van der Waals surface area contributed by atoms with E-state index in [9.17, 15) is 22.4 Å². The predicted molar refractivity (Wildman–Crippen MR) is 116 cm³/mol. The first-order valence-corrected chi connectivity index (χ1v) is 11.7. The average Bonchev–Trinajstić information content (AvgIpc) is 3.61. The lowest BCUT2D eigenvalue weighted by Crippen LogP contribution is -2.31. The van der Waals surface area contributed by atoms with Gasteiger partial charge in [0.15, 0.2) is 0 Å². The Morgan fingerprint density at radius 1 is 1.00 bits per heavy atom. The number of hydrogen-bond donors (Lipinski definition) is 1. The number of nitrogens with zero attached hydrogens (tertiary/aromatic N) is 1. The first kappa shape index (κ1) is 20.4. The molecule has 162 valence electrons. The summed E-state index contributed by atoms with van der Waals surface area (Å²) in [5.41, 5.74) is 0.529. The first-order valence-electron chi connectivity index (χ1n) is 10.2. The van der Waals surface area contributed by atoms with Crippen LogP contribution in [-0.2, 0) is 16.4 Å². The van der Waals surface area contributed by atoms with Crippen molar-refractivity contribution in [1.29, 1.82) is 0 Å². The summed E-state index contributed by atoms with van der Waals surface area (Å²) >= 11 is 0. The van der Waals surface area contributed by atoms with Crippen molar-refractivity contribution >= 4 is 27.3 Å². The molecule has 1 fully saturated rings. The maximum Gasteiger partial charge on any atom is 0.259 e. The molecule has 5 rings (SSSR count). The standard InChI is InChI=1S/C24H19FN2O4S/c25-19-7-3-1-5-16(19)14-27-20-13-15(23(28)26-17-10-11-17)9-12-22(20)32(30,31)21-8-4-2-6-18(21)24(27)29/h1-9,12-13,17H,10-11,14H2,(H,26,28). The number of carbonyl (C=O) groups is 2. The van der Waals surface area contributed by atoms with Crippen LogP contribution in [0.3, 0.4) is 0 Å². The van der Waals surface area contributed by atoms with Crippen molar-refractivity contribution in [2.45, 2.75) is 35.2 Å². The number of sulfone groups is 1. The van der Waals surface area contributed by atoms with E-state index >= 15 is 0 Å². The summed E-state index contributed by atoms with van der Waals surface area (Å²) < 4.78 is 41.3. The molecule has 2 amide bonds. The summed E-state index contributed by atoms with van der Waals surface area (Å²) in [5.74, 6) is -1.43. The molecule has 1 heterocycles. The van der Waals surface area contributed by atoms with Crippen LogP contribution < -0.4 is 10.2 Å². The molecule has 0 radical (unpaired) electrons. The van der Waals surface area contributed by atoms with Crippen LogP contribution in [0.25, 0.3) is 0 Å². The number of halogens is 1. The first-order chi connectivity index (χ1) is 15.4. The number of fused-ring (bicyclic) bond motifs is 2. The summed E-state index contributed by atoms with van der Waals surface area (Å²) in [6.45, 7) is -0.184. The van der Waals surface area contributed by atoms with Gasteiger partial charge in [-0.05, 0) is 49.2 Å². The van der Waals surface area contributed by atoms with Crippen LogP contribution in [0.4, 0.5) is 10.1 Å².